The van der Waals surface area contributed by atoms with Crippen LogP contribution in [0.4, 0.5) is 0 Å². The Morgan fingerprint density at radius 1 is 0.603 bits per heavy atom. The lowest BCUT2D eigenvalue weighted by molar-refractivity contribution is -0.140. The molecule has 0 radical (unpaired) electrons. The summed E-state index contributed by atoms with van der Waals surface area (Å²) in [5.74, 6) is -9.38. The van der Waals surface area contributed by atoms with Crippen molar-refractivity contribution in [3.63, 3.8) is 0 Å². The van der Waals surface area contributed by atoms with Gasteiger partial charge in [0.2, 0.25) is 23.6 Å². The van der Waals surface area contributed by atoms with Crippen molar-refractivity contribution in [3.05, 3.63) is 48.6 Å². The van der Waals surface area contributed by atoms with E-state index in [1.165, 1.54) is 37.2 Å². The number of aliphatic carboxylic acids is 4. The predicted molar refractivity (Wildman–Crippen MR) is 204 cm³/mol. The van der Waals surface area contributed by atoms with Gasteiger partial charge < -0.3 is 53.2 Å². The molecule has 0 saturated carbocycles. The van der Waals surface area contributed by atoms with Gasteiger partial charge in [-0.1, -0.05) is 0 Å². The predicted octanol–water partition coefficient (Wildman–Crippen LogP) is -2.38. The van der Waals surface area contributed by atoms with E-state index in [9.17, 15) is 43.2 Å². The minimum Gasteiger partial charge on any atom is -0.480 e. The van der Waals surface area contributed by atoms with Crippen LogP contribution in [0, 0.1) is 0 Å². The summed E-state index contributed by atoms with van der Waals surface area (Å²) >= 11 is 2.04. The number of hydrogen-bond donors (Lipinski definition) is 10. The zero-order valence-corrected chi connectivity index (χ0v) is 32.4. The van der Waals surface area contributed by atoms with E-state index in [1.54, 1.807) is 0 Å². The first kappa shape index (κ1) is 48.4. The topological polar surface area (TPSA) is 386 Å². The molecular formula is C33H44N10O13S2. The van der Waals surface area contributed by atoms with Crippen LogP contribution < -0.4 is 32.7 Å². The van der Waals surface area contributed by atoms with Gasteiger partial charge in [0.25, 0.3) is 0 Å². The lowest BCUT2D eigenvalue weighted by Crippen LogP contribution is -2.49. The zero-order valence-electron chi connectivity index (χ0n) is 30.7. The second kappa shape index (κ2) is 25.5. The lowest BCUT2D eigenvalue weighted by Gasteiger charge is -2.23. The second-order valence-electron chi connectivity index (χ2n) is 12.3. The number of aromatic nitrogens is 4. The Balaban J connectivity index is 2.29. The van der Waals surface area contributed by atoms with Crippen LogP contribution in [0.1, 0.15) is 60.4 Å². The average Bonchev–Trinajstić information content (AvgIpc) is 3.19. The van der Waals surface area contributed by atoms with Gasteiger partial charge in [0, 0.05) is 74.4 Å². The lowest BCUT2D eigenvalue weighted by atomic mass is 10.1. The molecule has 0 saturated heterocycles. The van der Waals surface area contributed by atoms with Gasteiger partial charge in [-0.15, -0.1) is 23.5 Å². The minimum atomic E-state index is -1.35. The van der Waals surface area contributed by atoms with Crippen LogP contribution in [0.25, 0.3) is 0 Å². The van der Waals surface area contributed by atoms with Gasteiger partial charge >= 0.3 is 23.9 Å². The Bertz CT molecular complexity index is 1620. The summed E-state index contributed by atoms with van der Waals surface area (Å²) in [6.07, 6.45) is 6.61. The highest BCUT2D eigenvalue weighted by Crippen LogP contribution is 2.36. The smallest absolute Gasteiger partial charge is 0.322 e. The number of carbonyl (C=O) groups excluding carboxylic acids is 5. The average molecular weight is 853 g/mol. The maximum atomic E-state index is 13.8. The van der Waals surface area contributed by atoms with E-state index in [2.05, 4.69) is 41.2 Å². The summed E-state index contributed by atoms with van der Waals surface area (Å²) in [5.41, 5.74) is 11.6. The van der Waals surface area contributed by atoms with Gasteiger partial charge in [-0.2, -0.15) is 0 Å². The molecule has 0 aliphatic rings. The molecule has 0 fully saturated rings. The van der Waals surface area contributed by atoms with E-state index >= 15 is 0 Å². The van der Waals surface area contributed by atoms with Crippen molar-refractivity contribution in [3.8, 4) is 0 Å². The third-order valence-corrected chi connectivity index (χ3v) is 10.4. The highest BCUT2D eigenvalue weighted by molar-refractivity contribution is 7.99. The fraction of sp³-hybridized carbons (Fsp3) is 0.485. The maximum absolute atomic E-state index is 13.8. The van der Waals surface area contributed by atoms with E-state index in [4.69, 9.17) is 31.9 Å². The number of nitrogens with zero attached hydrogens (tertiary/aromatic N) is 4. The number of carbonyl (C=O) groups is 9. The molecule has 0 bridgehead atoms. The number of nitrogens with one attached hydrogen (secondary N) is 4. The first-order valence-corrected chi connectivity index (χ1v) is 19.4. The van der Waals surface area contributed by atoms with Crippen LogP contribution in [0.2, 0.25) is 0 Å². The molecule has 2 aromatic heterocycles. The Hall–Kier alpha value is -5.79. The first-order chi connectivity index (χ1) is 27.5. The summed E-state index contributed by atoms with van der Waals surface area (Å²) in [7, 11) is 0. The van der Waals surface area contributed by atoms with E-state index in [-0.39, 0.29) is 55.8 Å². The van der Waals surface area contributed by atoms with Gasteiger partial charge in [-0.25, -0.2) is 0 Å². The Kier molecular flexibility index (Phi) is 21.2. The van der Waals surface area contributed by atoms with E-state index in [0.29, 0.717) is 11.4 Å². The monoisotopic (exact) mass is 852 g/mol. The number of carboxylic acid groups (broad SMARTS) is 4. The number of rotatable bonds is 28. The third kappa shape index (κ3) is 18.9. The summed E-state index contributed by atoms with van der Waals surface area (Å²) in [5, 5.41) is 43.9. The second-order valence-corrected chi connectivity index (χ2v) is 14.8. The molecule has 6 atom stereocenters. The van der Waals surface area contributed by atoms with Gasteiger partial charge in [0.1, 0.15) is 43.0 Å². The number of amides is 4. The molecule has 4 amide bonds. The molecule has 12 N–H and O–H groups in total. The van der Waals surface area contributed by atoms with Gasteiger partial charge in [0.15, 0.2) is 0 Å². The Morgan fingerprint density at radius 3 is 1.29 bits per heavy atom. The highest BCUT2D eigenvalue weighted by atomic mass is 32.2. The molecule has 25 heteroatoms. The quantitative estimate of drug-likeness (QED) is 0.0427. The van der Waals surface area contributed by atoms with Crippen molar-refractivity contribution in [1.29, 1.82) is 0 Å². The van der Waals surface area contributed by atoms with E-state index in [1.807, 2.05) is 0 Å². The van der Waals surface area contributed by atoms with Crippen LogP contribution in [0.5, 0.6) is 0 Å². The largest absolute Gasteiger partial charge is 0.480 e. The van der Waals surface area contributed by atoms with Crippen LogP contribution in [0.3, 0.4) is 0 Å². The van der Waals surface area contributed by atoms with Crippen molar-refractivity contribution in [2.75, 3.05) is 24.6 Å². The molecule has 23 nitrogen and oxygen atoms in total. The summed E-state index contributed by atoms with van der Waals surface area (Å²) in [6.45, 7) is -1.53. The Labute approximate surface area is 338 Å². The molecule has 0 spiro atoms. The molecule has 2 rings (SSSR count). The van der Waals surface area contributed by atoms with E-state index in [0.717, 1.165) is 23.5 Å². The molecule has 58 heavy (non-hydrogen) atoms. The minimum absolute atomic E-state index is 0.205. The first-order valence-electron chi connectivity index (χ1n) is 17.3. The van der Waals surface area contributed by atoms with Crippen LogP contribution >= 0.6 is 23.5 Å². The normalized spacial score (nSPS) is 14.0. The molecule has 2 heterocycles. The summed E-state index contributed by atoms with van der Waals surface area (Å²) < 4.78 is 0. The van der Waals surface area contributed by atoms with Crippen molar-refractivity contribution in [1.82, 2.24) is 41.2 Å². The van der Waals surface area contributed by atoms with Crippen LogP contribution in [0.15, 0.2) is 37.2 Å². The molecule has 0 aliphatic heterocycles. The number of ketones is 1. The molecule has 2 aromatic rings. The molecule has 0 aromatic carbocycles. The Morgan fingerprint density at radius 2 is 0.983 bits per heavy atom. The highest BCUT2D eigenvalue weighted by Gasteiger charge is 2.30. The standard InChI is InChI=1S/C33H44N10O13S2/c34-18(32(53)54)1-3-26(45)42-22(30(51)40-13-28(47)48)15-57-24(20-11-36-5-7-38-20)9-17(44)10-25(21-12-37-6-8-39-21)58-16-23(31(52)41-14-29(49)50)43-27(46)4-2-19(35)33(55)56/h5-8,11-12,18-19,22-25H,1-4,9-10,13-16,34-35H2,(H,40,51)(H,41,52)(H,42,45)(H,43,46)(H,47,48)(H,49,50)(H,53,54)(H,55,56). The number of thioether (sulfide) groups is 2. The molecule has 0 aliphatic carbocycles. The van der Waals surface area contributed by atoms with E-state index < -0.39 is 95.3 Å². The van der Waals surface area contributed by atoms with Crippen molar-refractivity contribution in [2.24, 2.45) is 11.5 Å². The number of Topliss-reactive ketones (excluding diaryl/α,β-unsaturated/α-hetero) is 1. The maximum Gasteiger partial charge on any atom is 0.322 e. The van der Waals surface area contributed by atoms with Crippen molar-refractivity contribution >= 4 is 76.8 Å². The van der Waals surface area contributed by atoms with Crippen LogP contribution in [-0.2, 0) is 43.2 Å². The number of nitrogens with two attached hydrogens (primary N) is 2. The SMILES string of the molecule is NC(CCC(=O)NC(CSC(CC(=O)CC(SCC(NC(=O)CCC(N)C(=O)O)C(=O)NCC(=O)O)c1cnccn1)c1cnccn1)C(=O)NCC(=O)O)C(=O)O. The number of carboxylic acids is 4. The fourth-order valence-electron chi connectivity index (χ4n) is 4.66. The third-order valence-electron chi connectivity index (χ3n) is 7.71. The summed E-state index contributed by atoms with van der Waals surface area (Å²) in [4.78, 5) is 126. The van der Waals surface area contributed by atoms with Gasteiger partial charge in [0.05, 0.1) is 21.9 Å². The van der Waals surface area contributed by atoms with Crippen molar-refractivity contribution < 1.29 is 63.6 Å². The molecule has 316 valence electrons. The van der Waals surface area contributed by atoms with Crippen LogP contribution in [-0.4, -0.2) is 142 Å². The van der Waals surface area contributed by atoms with Gasteiger partial charge in [-0.05, 0) is 12.8 Å². The molecule has 6 unspecified atom stereocenters. The molecular weight excluding hydrogens is 809 g/mol. The van der Waals surface area contributed by atoms with Gasteiger partial charge in [-0.3, -0.25) is 63.1 Å². The fourth-order valence-corrected chi connectivity index (χ4v) is 7.18. The zero-order chi connectivity index (χ0) is 43.2. The van der Waals surface area contributed by atoms with Crippen molar-refractivity contribution in [2.45, 2.75) is 73.2 Å². The summed E-state index contributed by atoms with van der Waals surface area (Å²) in [6, 6.07) is -5.36. The number of hydrogen-bond acceptors (Lipinski definition) is 17.